The Morgan fingerprint density at radius 1 is 1.44 bits per heavy atom. The van der Waals surface area contributed by atoms with Crippen LogP contribution in [0.15, 0.2) is 16.6 Å². The molecule has 0 spiro atoms. The Balaban J connectivity index is 1.78. The van der Waals surface area contributed by atoms with Crippen LogP contribution in [-0.4, -0.2) is 29.7 Å². The summed E-state index contributed by atoms with van der Waals surface area (Å²) in [7, 11) is 1.59. The van der Waals surface area contributed by atoms with E-state index in [1.54, 1.807) is 7.11 Å². The first-order valence-electron chi connectivity index (χ1n) is 6.47. The highest BCUT2D eigenvalue weighted by molar-refractivity contribution is 9.10. The van der Waals surface area contributed by atoms with Crippen LogP contribution in [0.25, 0.3) is 0 Å². The molecule has 1 saturated heterocycles. The van der Waals surface area contributed by atoms with Gasteiger partial charge in [0, 0.05) is 19.1 Å². The van der Waals surface area contributed by atoms with E-state index >= 15 is 0 Å². The second-order valence-corrected chi connectivity index (χ2v) is 6.25. The summed E-state index contributed by atoms with van der Waals surface area (Å²) in [6, 6.07) is 4.70. The number of benzene rings is 1. The van der Waals surface area contributed by atoms with Crippen molar-refractivity contribution < 1.29 is 9.84 Å². The zero-order valence-electron chi connectivity index (χ0n) is 10.5. The zero-order chi connectivity index (χ0) is 12.7. The van der Waals surface area contributed by atoms with Crippen LogP contribution in [0.1, 0.15) is 24.8 Å². The molecule has 0 aromatic heterocycles. The Labute approximate surface area is 116 Å². The number of hydrogen-bond donors (Lipinski definition) is 1. The van der Waals surface area contributed by atoms with E-state index in [0.717, 1.165) is 18.5 Å². The number of rotatable bonds is 3. The lowest BCUT2D eigenvalue weighted by Gasteiger charge is -2.27. The minimum Gasteiger partial charge on any atom is -0.503 e. The third-order valence-corrected chi connectivity index (χ3v) is 4.82. The maximum Gasteiger partial charge on any atom is 0.172 e. The van der Waals surface area contributed by atoms with Crippen molar-refractivity contribution in [1.29, 1.82) is 0 Å². The molecule has 4 heteroatoms. The van der Waals surface area contributed by atoms with Gasteiger partial charge in [0.15, 0.2) is 11.5 Å². The fourth-order valence-corrected chi connectivity index (χ4v) is 3.82. The fourth-order valence-electron chi connectivity index (χ4n) is 3.33. The average molecular weight is 312 g/mol. The summed E-state index contributed by atoms with van der Waals surface area (Å²) in [6.45, 7) is 2.18. The smallest absolute Gasteiger partial charge is 0.172 e. The standard InChI is InChI=1S/C14H18BrNO2/c1-18-13-6-10(5-12(15)14(13)17)8-16-7-9-2-3-11(16)4-9/h5-6,9,11,17H,2-4,7-8H2,1H3. The number of phenols is 1. The highest BCUT2D eigenvalue weighted by Gasteiger charge is 2.37. The molecule has 1 N–H and O–H groups in total. The molecule has 98 valence electrons. The number of hydrogen-bond acceptors (Lipinski definition) is 3. The molecule has 0 radical (unpaired) electrons. The molecule has 18 heavy (non-hydrogen) atoms. The lowest BCUT2D eigenvalue weighted by Crippen LogP contribution is -2.31. The van der Waals surface area contributed by atoms with E-state index in [1.807, 2.05) is 12.1 Å². The van der Waals surface area contributed by atoms with Crippen LogP contribution in [0.5, 0.6) is 11.5 Å². The molecule has 2 atom stereocenters. The summed E-state index contributed by atoms with van der Waals surface area (Å²) in [6.07, 6.45) is 4.13. The van der Waals surface area contributed by atoms with E-state index in [1.165, 1.54) is 31.4 Å². The zero-order valence-corrected chi connectivity index (χ0v) is 12.1. The van der Waals surface area contributed by atoms with Gasteiger partial charge in [0.2, 0.25) is 0 Å². The lowest BCUT2D eigenvalue weighted by atomic mass is 10.1. The Hall–Kier alpha value is -0.740. The van der Waals surface area contributed by atoms with Gasteiger partial charge < -0.3 is 9.84 Å². The first kappa shape index (κ1) is 12.3. The number of nitrogens with zero attached hydrogens (tertiary/aromatic N) is 1. The summed E-state index contributed by atoms with van der Waals surface area (Å²) in [5.74, 6) is 1.64. The van der Waals surface area contributed by atoms with Crippen LogP contribution in [0.4, 0.5) is 0 Å². The molecule has 3 rings (SSSR count). The van der Waals surface area contributed by atoms with Crippen molar-refractivity contribution in [2.24, 2.45) is 5.92 Å². The van der Waals surface area contributed by atoms with Crippen LogP contribution in [-0.2, 0) is 6.54 Å². The predicted octanol–water partition coefficient (Wildman–Crippen LogP) is 3.15. The van der Waals surface area contributed by atoms with Gasteiger partial charge in [0.25, 0.3) is 0 Å². The SMILES string of the molecule is COc1cc(CN2CC3CCC2C3)cc(Br)c1O. The normalized spacial score (nSPS) is 26.8. The highest BCUT2D eigenvalue weighted by Crippen LogP contribution is 2.40. The van der Waals surface area contributed by atoms with Crippen LogP contribution in [0.3, 0.4) is 0 Å². The van der Waals surface area contributed by atoms with Crippen molar-refractivity contribution in [1.82, 2.24) is 4.90 Å². The van der Waals surface area contributed by atoms with Crippen LogP contribution in [0.2, 0.25) is 0 Å². The number of halogens is 1. The summed E-state index contributed by atoms with van der Waals surface area (Å²) in [5, 5.41) is 9.80. The average Bonchev–Trinajstić information content (AvgIpc) is 2.95. The van der Waals surface area contributed by atoms with Gasteiger partial charge >= 0.3 is 0 Å². The molecule has 0 amide bonds. The van der Waals surface area contributed by atoms with Gasteiger partial charge in [-0.05, 0) is 58.8 Å². The number of piperidine rings is 1. The largest absolute Gasteiger partial charge is 0.503 e. The third kappa shape index (κ3) is 2.12. The highest BCUT2D eigenvalue weighted by atomic mass is 79.9. The van der Waals surface area contributed by atoms with Gasteiger partial charge in [-0.15, -0.1) is 0 Å². The van der Waals surface area contributed by atoms with E-state index in [-0.39, 0.29) is 5.75 Å². The number of ether oxygens (including phenoxy) is 1. The van der Waals surface area contributed by atoms with E-state index in [0.29, 0.717) is 10.2 Å². The topological polar surface area (TPSA) is 32.7 Å². The maximum atomic E-state index is 9.80. The molecule has 1 heterocycles. The van der Waals surface area contributed by atoms with Gasteiger partial charge in [0.05, 0.1) is 11.6 Å². The quantitative estimate of drug-likeness (QED) is 0.931. The fraction of sp³-hybridized carbons (Fsp3) is 0.571. The van der Waals surface area contributed by atoms with Crippen molar-refractivity contribution in [2.45, 2.75) is 31.8 Å². The minimum atomic E-state index is 0.184. The molecule has 1 aliphatic carbocycles. The van der Waals surface area contributed by atoms with Crippen molar-refractivity contribution in [3.8, 4) is 11.5 Å². The maximum absolute atomic E-state index is 9.80. The molecule has 1 aliphatic heterocycles. The molecular formula is C14H18BrNO2. The van der Waals surface area contributed by atoms with Gasteiger partial charge in [-0.3, -0.25) is 4.90 Å². The second-order valence-electron chi connectivity index (χ2n) is 5.39. The van der Waals surface area contributed by atoms with Crippen molar-refractivity contribution in [3.63, 3.8) is 0 Å². The van der Waals surface area contributed by atoms with Gasteiger partial charge in [0.1, 0.15) is 0 Å². The second kappa shape index (κ2) is 4.74. The number of phenolic OH excluding ortho intramolecular Hbond substituents is 1. The first-order chi connectivity index (χ1) is 8.67. The van der Waals surface area contributed by atoms with E-state index in [4.69, 9.17) is 4.74 Å². The molecule has 3 nitrogen and oxygen atoms in total. The summed E-state index contributed by atoms with van der Waals surface area (Å²) in [5.41, 5.74) is 1.20. The van der Waals surface area contributed by atoms with Gasteiger partial charge in [-0.25, -0.2) is 0 Å². The van der Waals surface area contributed by atoms with Gasteiger partial charge in [-0.1, -0.05) is 0 Å². The molecular weight excluding hydrogens is 294 g/mol. The molecule has 2 unspecified atom stereocenters. The van der Waals surface area contributed by atoms with Crippen LogP contribution >= 0.6 is 15.9 Å². The summed E-state index contributed by atoms with van der Waals surface area (Å²) in [4.78, 5) is 2.56. The molecule has 2 fully saturated rings. The molecule has 1 aromatic rings. The Morgan fingerprint density at radius 2 is 2.28 bits per heavy atom. The first-order valence-corrected chi connectivity index (χ1v) is 7.26. The van der Waals surface area contributed by atoms with E-state index in [9.17, 15) is 5.11 Å². The van der Waals surface area contributed by atoms with Gasteiger partial charge in [-0.2, -0.15) is 0 Å². The molecule has 2 bridgehead atoms. The lowest BCUT2D eigenvalue weighted by molar-refractivity contribution is 0.205. The van der Waals surface area contributed by atoms with Crippen molar-refractivity contribution in [2.75, 3.05) is 13.7 Å². The number of fused-ring (bicyclic) bond motifs is 2. The summed E-state index contributed by atoms with van der Waals surface area (Å²) < 4.78 is 5.90. The number of methoxy groups -OCH3 is 1. The molecule has 1 saturated carbocycles. The number of likely N-dealkylation sites (tertiary alicyclic amines) is 1. The monoisotopic (exact) mass is 311 g/mol. The third-order valence-electron chi connectivity index (χ3n) is 4.22. The van der Waals surface area contributed by atoms with E-state index in [2.05, 4.69) is 20.8 Å². The number of aromatic hydroxyl groups is 1. The van der Waals surface area contributed by atoms with E-state index < -0.39 is 0 Å². The van der Waals surface area contributed by atoms with Crippen molar-refractivity contribution >= 4 is 15.9 Å². The molecule has 1 aromatic carbocycles. The van der Waals surface area contributed by atoms with Crippen LogP contribution < -0.4 is 4.74 Å². The predicted molar refractivity (Wildman–Crippen MR) is 73.9 cm³/mol. The minimum absolute atomic E-state index is 0.184. The van der Waals surface area contributed by atoms with Crippen molar-refractivity contribution in [3.05, 3.63) is 22.2 Å². The Morgan fingerprint density at radius 3 is 2.89 bits per heavy atom. The molecule has 2 aliphatic rings. The summed E-state index contributed by atoms with van der Waals surface area (Å²) >= 11 is 3.38. The Kier molecular flexibility index (Phi) is 3.24. The van der Waals surface area contributed by atoms with Crippen LogP contribution in [0, 0.1) is 5.92 Å². The Bertz CT molecular complexity index is 463.